The van der Waals surface area contributed by atoms with Gasteiger partial charge in [0.05, 0.1) is 15.7 Å². The van der Waals surface area contributed by atoms with Crippen molar-refractivity contribution < 1.29 is 0 Å². The third-order valence-electron chi connectivity index (χ3n) is 1.11. The first-order valence-corrected chi connectivity index (χ1v) is 3.75. The Morgan fingerprint density at radius 1 is 1.27 bits per heavy atom. The lowest BCUT2D eigenvalue weighted by atomic mass is 10.3. The average Bonchev–Trinajstić information content (AvgIpc) is 1.93. The normalized spacial score (nSPS) is 9.00. The van der Waals surface area contributed by atoms with E-state index < -0.39 is 0 Å². The van der Waals surface area contributed by atoms with E-state index in [1.165, 1.54) is 0 Å². The molecule has 0 bridgehead atoms. The summed E-state index contributed by atoms with van der Waals surface area (Å²) in [6.45, 7) is 0. The van der Waals surface area contributed by atoms with Crippen LogP contribution in [0, 0.1) is 0 Å². The summed E-state index contributed by atoms with van der Waals surface area (Å²) < 4.78 is 0. The monoisotopic (exact) mass is 229 g/mol. The highest BCUT2D eigenvalue weighted by molar-refractivity contribution is 7.80. The second kappa shape index (κ2) is 4.31. The SMILES string of the molecule is Cl.Nc1c(S)ccc(Cl)c1Cl. The minimum atomic E-state index is 0. The maximum Gasteiger partial charge on any atom is 0.0832 e. The zero-order valence-corrected chi connectivity index (χ0v) is 8.57. The van der Waals surface area contributed by atoms with Gasteiger partial charge in [0.2, 0.25) is 0 Å². The molecule has 0 aliphatic rings. The smallest absolute Gasteiger partial charge is 0.0832 e. The van der Waals surface area contributed by atoms with Gasteiger partial charge in [-0.15, -0.1) is 25.0 Å². The lowest BCUT2D eigenvalue weighted by Crippen LogP contribution is -1.87. The summed E-state index contributed by atoms with van der Waals surface area (Å²) >= 11 is 15.4. The maximum absolute atomic E-state index is 5.68. The molecule has 0 atom stereocenters. The molecule has 0 aliphatic heterocycles. The molecule has 0 aromatic heterocycles. The van der Waals surface area contributed by atoms with Gasteiger partial charge in [0, 0.05) is 4.90 Å². The Hall–Kier alpha value is 0.240. The van der Waals surface area contributed by atoms with Crippen molar-refractivity contribution in [3.05, 3.63) is 22.2 Å². The topological polar surface area (TPSA) is 26.0 Å². The number of nitrogens with two attached hydrogens (primary N) is 1. The van der Waals surface area contributed by atoms with Crippen LogP contribution in [0.2, 0.25) is 10.0 Å². The van der Waals surface area contributed by atoms with Crippen LogP contribution >= 0.6 is 48.2 Å². The molecule has 1 aromatic carbocycles. The van der Waals surface area contributed by atoms with Gasteiger partial charge in [0.25, 0.3) is 0 Å². The largest absolute Gasteiger partial charge is 0.397 e. The van der Waals surface area contributed by atoms with Gasteiger partial charge in [-0.2, -0.15) is 0 Å². The Labute approximate surface area is 86.7 Å². The van der Waals surface area contributed by atoms with E-state index >= 15 is 0 Å². The highest BCUT2D eigenvalue weighted by Crippen LogP contribution is 2.32. The number of nitrogen functional groups attached to an aromatic ring is 1. The first-order valence-electron chi connectivity index (χ1n) is 2.55. The molecular weight excluding hydrogens is 224 g/mol. The number of anilines is 1. The van der Waals surface area contributed by atoms with Crippen LogP contribution in [0.1, 0.15) is 0 Å². The molecule has 11 heavy (non-hydrogen) atoms. The van der Waals surface area contributed by atoms with Crippen LogP contribution in [0.4, 0.5) is 5.69 Å². The molecule has 0 aliphatic carbocycles. The summed E-state index contributed by atoms with van der Waals surface area (Å²) in [6.07, 6.45) is 0. The third-order valence-corrected chi connectivity index (χ3v) is 2.32. The van der Waals surface area contributed by atoms with Gasteiger partial charge < -0.3 is 5.73 Å². The van der Waals surface area contributed by atoms with Crippen LogP contribution in [0.5, 0.6) is 0 Å². The Bertz CT molecular complexity index is 237. The molecule has 2 N–H and O–H groups in total. The van der Waals surface area contributed by atoms with Crippen molar-refractivity contribution in [2.24, 2.45) is 0 Å². The molecule has 0 amide bonds. The van der Waals surface area contributed by atoms with Crippen LogP contribution < -0.4 is 5.73 Å². The number of halogens is 3. The molecule has 5 heteroatoms. The number of rotatable bonds is 0. The standard InChI is InChI=1S/C6H5Cl2NS.ClH/c7-3-1-2-4(10)6(9)5(3)8;/h1-2,10H,9H2;1H. The van der Waals surface area contributed by atoms with Crippen molar-refractivity contribution >= 4 is 53.9 Å². The van der Waals surface area contributed by atoms with E-state index in [4.69, 9.17) is 28.9 Å². The highest BCUT2D eigenvalue weighted by atomic mass is 35.5. The fourth-order valence-corrected chi connectivity index (χ4v) is 1.14. The molecule has 1 rings (SSSR count). The summed E-state index contributed by atoms with van der Waals surface area (Å²) in [5.74, 6) is 0. The van der Waals surface area contributed by atoms with E-state index in [-0.39, 0.29) is 12.4 Å². The average molecular weight is 231 g/mol. The number of hydrogen-bond acceptors (Lipinski definition) is 2. The number of thiol groups is 1. The van der Waals surface area contributed by atoms with E-state index in [1.54, 1.807) is 12.1 Å². The molecule has 0 saturated carbocycles. The van der Waals surface area contributed by atoms with Crippen LogP contribution in [-0.2, 0) is 0 Å². The summed E-state index contributed by atoms with van der Waals surface area (Å²) in [5, 5.41) is 0.825. The summed E-state index contributed by atoms with van der Waals surface area (Å²) in [5.41, 5.74) is 5.92. The fourth-order valence-electron chi connectivity index (χ4n) is 0.556. The number of hydrogen-bond donors (Lipinski definition) is 2. The van der Waals surface area contributed by atoms with Gasteiger partial charge >= 0.3 is 0 Å². The Kier molecular flexibility index (Phi) is 4.41. The van der Waals surface area contributed by atoms with Crippen LogP contribution in [0.3, 0.4) is 0 Å². The molecule has 1 aromatic rings. The van der Waals surface area contributed by atoms with Crippen LogP contribution in [-0.4, -0.2) is 0 Å². The summed E-state index contributed by atoms with van der Waals surface area (Å²) in [6, 6.07) is 3.36. The highest BCUT2D eigenvalue weighted by Gasteiger charge is 2.03. The van der Waals surface area contributed by atoms with Crippen molar-refractivity contribution in [3.63, 3.8) is 0 Å². The molecule has 0 unspecified atom stereocenters. The van der Waals surface area contributed by atoms with Crippen molar-refractivity contribution in [2.75, 3.05) is 5.73 Å². The predicted octanol–water partition coefficient (Wildman–Crippen LogP) is 3.29. The fraction of sp³-hybridized carbons (Fsp3) is 0. The molecule has 0 saturated heterocycles. The molecule has 0 radical (unpaired) electrons. The second-order valence-corrected chi connectivity index (χ2v) is 3.06. The quantitative estimate of drug-likeness (QED) is 0.519. The van der Waals surface area contributed by atoms with E-state index in [1.807, 2.05) is 0 Å². The molecule has 0 fully saturated rings. The molecule has 1 nitrogen and oxygen atoms in total. The Morgan fingerprint density at radius 2 is 1.82 bits per heavy atom. The number of benzene rings is 1. The van der Waals surface area contributed by atoms with Gasteiger partial charge in [-0.05, 0) is 12.1 Å². The van der Waals surface area contributed by atoms with Gasteiger partial charge in [-0.3, -0.25) is 0 Å². The third kappa shape index (κ3) is 2.34. The van der Waals surface area contributed by atoms with E-state index in [0.717, 1.165) is 0 Å². The van der Waals surface area contributed by atoms with Gasteiger partial charge in [0.15, 0.2) is 0 Å². The Morgan fingerprint density at radius 3 is 2.27 bits per heavy atom. The second-order valence-electron chi connectivity index (χ2n) is 1.79. The van der Waals surface area contributed by atoms with E-state index in [2.05, 4.69) is 12.6 Å². The van der Waals surface area contributed by atoms with Gasteiger partial charge in [0.1, 0.15) is 0 Å². The predicted molar refractivity (Wildman–Crippen MR) is 55.4 cm³/mol. The van der Waals surface area contributed by atoms with E-state index in [9.17, 15) is 0 Å². The van der Waals surface area contributed by atoms with Crippen molar-refractivity contribution in [3.8, 4) is 0 Å². The first kappa shape index (κ1) is 11.2. The zero-order valence-electron chi connectivity index (χ0n) is 5.34. The van der Waals surface area contributed by atoms with Gasteiger partial charge in [-0.1, -0.05) is 23.2 Å². The minimum absolute atomic E-state index is 0. The lowest BCUT2D eigenvalue weighted by Gasteiger charge is -2.01. The molecule has 62 valence electrons. The van der Waals surface area contributed by atoms with Crippen LogP contribution in [0.15, 0.2) is 17.0 Å². The van der Waals surface area contributed by atoms with Crippen molar-refractivity contribution in [2.45, 2.75) is 4.90 Å². The zero-order chi connectivity index (χ0) is 7.72. The summed E-state index contributed by atoms with van der Waals surface area (Å²) in [7, 11) is 0. The maximum atomic E-state index is 5.68. The first-order chi connectivity index (χ1) is 4.63. The van der Waals surface area contributed by atoms with Crippen molar-refractivity contribution in [1.29, 1.82) is 0 Å². The summed E-state index contributed by atoms with van der Waals surface area (Å²) in [4.78, 5) is 0.648. The van der Waals surface area contributed by atoms with Crippen LogP contribution in [0.25, 0.3) is 0 Å². The lowest BCUT2D eigenvalue weighted by molar-refractivity contribution is 1.47. The van der Waals surface area contributed by atoms with E-state index in [0.29, 0.717) is 20.6 Å². The molecular formula is C6H6Cl3NS. The van der Waals surface area contributed by atoms with Crippen molar-refractivity contribution in [1.82, 2.24) is 0 Å². The Balaban J connectivity index is 0.000001000. The molecule has 0 spiro atoms. The minimum Gasteiger partial charge on any atom is -0.397 e. The molecule has 0 heterocycles. The van der Waals surface area contributed by atoms with Gasteiger partial charge in [-0.25, -0.2) is 0 Å².